The fourth-order valence-corrected chi connectivity index (χ4v) is 3.16. The van der Waals surface area contributed by atoms with Crippen molar-refractivity contribution in [1.29, 1.82) is 0 Å². The molecule has 1 fully saturated rings. The number of nitrogens with zero attached hydrogens (tertiary/aromatic N) is 2. The number of benzene rings is 1. The molecule has 1 amide bonds. The molecule has 0 aliphatic carbocycles. The van der Waals surface area contributed by atoms with Crippen LogP contribution in [0.3, 0.4) is 0 Å². The minimum atomic E-state index is -0.0919. The monoisotopic (exact) mass is 343 g/mol. The van der Waals surface area contributed by atoms with Gasteiger partial charge in [0.05, 0.1) is 6.10 Å². The fourth-order valence-electron chi connectivity index (χ4n) is 3.16. The van der Waals surface area contributed by atoms with E-state index in [2.05, 4.69) is 29.3 Å². The van der Waals surface area contributed by atoms with Crippen LogP contribution in [0.15, 0.2) is 28.8 Å². The summed E-state index contributed by atoms with van der Waals surface area (Å²) in [6, 6.07) is 7.42. The van der Waals surface area contributed by atoms with E-state index >= 15 is 0 Å². The molecule has 0 spiro atoms. The fraction of sp³-hybridized carbons (Fsp3) is 0.526. The van der Waals surface area contributed by atoms with Crippen LogP contribution in [0.1, 0.15) is 39.5 Å². The average molecular weight is 343 g/mol. The molecule has 3 rings (SSSR count). The van der Waals surface area contributed by atoms with Gasteiger partial charge in [-0.25, -0.2) is 0 Å². The van der Waals surface area contributed by atoms with Crippen LogP contribution in [0.25, 0.3) is 11.4 Å². The van der Waals surface area contributed by atoms with E-state index < -0.39 is 0 Å². The second kappa shape index (κ2) is 7.78. The first-order chi connectivity index (χ1) is 12.0. The number of amides is 1. The number of nitrogens with one attached hydrogen (secondary N) is 1. The van der Waals surface area contributed by atoms with Crippen LogP contribution in [0.4, 0.5) is 5.69 Å². The Labute approximate surface area is 148 Å². The van der Waals surface area contributed by atoms with Gasteiger partial charge in [-0.2, -0.15) is 4.98 Å². The van der Waals surface area contributed by atoms with Gasteiger partial charge in [-0.1, -0.05) is 19.0 Å². The van der Waals surface area contributed by atoms with Crippen molar-refractivity contribution >= 4 is 11.6 Å². The highest BCUT2D eigenvalue weighted by Gasteiger charge is 2.26. The Morgan fingerprint density at radius 3 is 2.76 bits per heavy atom. The van der Waals surface area contributed by atoms with Crippen LogP contribution in [-0.4, -0.2) is 28.8 Å². The van der Waals surface area contributed by atoms with Gasteiger partial charge >= 0.3 is 0 Å². The van der Waals surface area contributed by atoms with Gasteiger partial charge in [0.1, 0.15) is 0 Å². The van der Waals surface area contributed by atoms with Crippen molar-refractivity contribution < 1.29 is 14.1 Å². The second-order valence-electron chi connectivity index (χ2n) is 7.02. The molecule has 2 heterocycles. The summed E-state index contributed by atoms with van der Waals surface area (Å²) < 4.78 is 11.3. The van der Waals surface area contributed by atoms with Crippen molar-refractivity contribution in [3.63, 3.8) is 0 Å². The number of carbonyl (C=O) groups is 1. The number of hydrogen-bond donors (Lipinski definition) is 1. The van der Waals surface area contributed by atoms with Crippen molar-refractivity contribution in [3.8, 4) is 11.4 Å². The Hall–Kier alpha value is -2.21. The van der Waals surface area contributed by atoms with E-state index in [9.17, 15) is 4.79 Å². The van der Waals surface area contributed by atoms with Crippen LogP contribution in [0.5, 0.6) is 0 Å². The molecule has 2 aromatic rings. The zero-order chi connectivity index (χ0) is 17.8. The predicted octanol–water partition coefficient (Wildman–Crippen LogP) is 3.69. The Kier molecular flexibility index (Phi) is 5.48. The van der Waals surface area contributed by atoms with Gasteiger partial charge in [0.2, 0.25) is 17.6 Å². The van der Waals surface area contributed by atoms with E-state index in [4.69, 9.17) is 9.26 Å². The Morgan fingerprint density at radius 1 is 1.32 bits per heavy atom. The van der Waals surface area contributed by atoms with E-state index in [0.717, 1.165) is 37.1 Å². The third-order valence-corrected chi connectivity index (χ3v) is 4.56. The Morgan fingerprint density at radius 2 is 2.08 bits per heavy atom. The lowest BCUT2D eigenvalue weighted by molar-refractivity contribution is -0.114. The summed E-state index contributed by atoms with van der Waals surface area (Å²) in [4.78, 5) is 15.6. The molecule has 2 atom stereocenters. The van der Waals surface area contributed by atoms with E-state index in [-0.39, 0.29) is 5.91 Å². The lowest BCUT2D eigenvalue weighted by atomic mass is 9.88. The van der Waals surface area contributed by atoms with Crippen LogP contribution in [-0.2, 0) is 16.0 Å². The first-order valence-electron chi connectivity index (χ1n) is 8.83. The van der Waals surface area contributed by atoms with Gasteiger partial charge in [0.15, 0.2) is 0 Å². The first kappa shape index (κ1) is 17.6. The summed E-state index contributed by atoms with van der Waals surface area (Å²) in [5.41, 5.74) is 1.62. The average Bonchev–Trinajstić information content (AvgIpc) is 3.03. The van der Waals surface area contributed by atoms with Gasteiger partial charge in [-0.15, -0.1) is 0 Å². The zero-order valence-corrected chi connectivity index (χ0v) is 15.0. The molecular weight excluding hydrogens is 318 g/mol. The Balaban J connectivity index is 1.63. The summed E-state index contributed by atoms with van der Waals surface area (Å²) in [6.45, 7) is 6.68. The van der Waals surface area contributed by atoms with Crippen molar-refractivity contribution in [2.45, 2.75) is 46.1 Å². The van der Waals surface area contributed by atoms with Crippen LogP contribution >= 0.6 is 0 Å². The lowest BCUT2D eigenvalue weighted by Gasteiger charge is -2.31. The summed E-state index contributed by atoms with van der Waals surface area (Å²) in [6.07, 6.45) is 3.19. The van der Waals surface area contributed by atoms with Crippen molar-refractivity contribution in [2.75, 3.05) is 11.9 Å². The molecule has 1 aliphatic rings. The third kappa shape index (κ3) is 4.66. The zero-order valence-electron chi connectivity index (χ0n) is 15.0. The Bertz CT molecular complexity index is 709. The number of carbonyl (C=O) groups excluding carboxylic acids is 1. The number of aromatic nitrogens is 2. The van der Waals surface area contributed by atoms with Crippen LogP contribution in [0, 0.1) is 11.8 Å². The van der Waals surface area contributed by atoms with Gasteiger partial charge in [-0.3, -0.25) is 4.79 Å². The number of rotatable bonds is 5. The van der Waals surface area contributed by atoms with Gasteiger partial charge in [0.25, 0.3) is 0 Å². The number of anilines is 1. The maximum Gasteiger partial charge on any atom is 0.227 e. The minimum Gasteiger partial charge on any atom is -0.378 e. The van der Waals surface area contributed by atoms with Crippen molar-refractivity contribution in [2.24, 2.45) is 11.8 Å². The highest BCUT2D eigenvalue weighted by Crippen LogP contribution is 2.28. The van der Waals surface area contributed by atoms with Gasteiger partial charge in [-0.05, 0) is 48.9 Å². The summed E-state index contributed by atoms with van der Waals surface area (Å²) >= 11 is 0. The molecule has 1 aliphatic heterocycles. The predicted molar refractivity (Wildman–Crippen MR) is 95.0 cm³/mol. The SMILES string of the molecule is CC(=O)Nc1ccc(-c2noc(CC3CCOC(C(C)C)C3)n2)cc1. The highest BCUT2D eigenvalue weighted by molar-refractivity contribution is 5.88. The molecule has 1 aromatic heterocycles. The minimum absolute atomic E-state index is 0.0919. The maximum atomic E-state index is 11.1. The molecule has 0 bridgehead atoms. The van der Waals surface area contributed by atoms with E-state index in [0.29, 0.717) is 29.7 Å². The van der Waals surface area contributed by atoms with Crippen molar-refractivity contribution in [3.05, 3.63) is 30.2 Å². The van der Waals surface area contributed by atoms with E-state index in [1.54, 1.807) is 0 Å². The highest BCUT2D eigenvalue weighted by atomic mass is 16.5. The van der Waals surface area contributed by atoms with Crippen LogP contribution in [0.2, 0.25) is 0 Å². The maximum absolute atomic E-state index is 11.1. The topological polar surface area (TPSA) is 77.2 Å². The molecule has 1 aromatic carbocycles. The molecule has 25 heavy (non-hydrogen) atoms. The molecule has 2 unspecified atom stereocenters. The molecule has 0 radical (unpaired) electrons. The van der Waals surface area contributed by atoms with Gasteiger partial charge < -0.3 is 14.6 Å². The molecule has 1 saturated heterocycles. The quantitative estimate of drug-likeness (QED) is 0.896. The molecule has 1 N–H and O–H groups in total. The summed E-state index contributed by atoms with van der Waals surface area (Å²) in [5, 5.41) is 6.83. The molecule has 6 nitrogen and oxygen atoms in total. The summed E-state index contributed by atoms with van der Waals surface area (Å²) in [5.74, 6) is 2.22. The van der Waals surface area contributed by atoms with E-state index in [1.807, 2.05) is 24.3 Å². The summed E-state index contributed by atoms with van der Waals surface area (Å²) in [7, 11) is 0. The van der Waals surface area contributed by atoms with Crippen molar-refractivity contribution in [1.82, 2.24) is 10.1 Å². The van der Waals surface area contributed by atoms with Crippen LogP contribution < -0.4 is 5.32 Å². The van der Waals surface area contributed by atoms with Gasteiger partial charge in [0, 0.05) is 31.2 Å². The lowest BCUT2D eigenvalue weighted by Crippen LogP contribution is -2.30. The molecule has 134 valence electrons. The number of ether oxygens (including phenoxy) is 1. The molecular formula is C19H25N3O3. The molecule has 0 saturated carbocycles. The first-order valence-corrected chi connectivity index (χ1v) is 8.83. The third-order valence-electron chi connectivity index (χ3n) is 4.56. The number of hydrogen-bond acceptors (Lipinski definition) is 5. The smallest absolute Gasteiger partial charge is 0.227 e. The normalized spacial score (nSPS) is 20.6. The second-order valence-corrected chi connectivity index (χ2v) is 7.02. The largest absolute Gasteiger partial charge is 0.378 e. The van der Waals surface area contributed by atoms with E-state index in [1.165, 1.54) is 6.92 Å². The molecule has 6 heteroatoms. The standard InChI is InChI=1S/C19H25N3O3/c1-12(2)17-10-14(8-9-24-17)11-18-21-19(22-25-18)15-4-6-16(7-5-15)20-13(3)23/h4-7,12,14,17H,8-11H2,1-3H3,(H,20,23).